The lowest BCUT2D eigenvalue weighted by molar-refractivity contribution is 0.592. The van der Waals surface area contributed by atoms with Crippen molar-refractivity contribution in [1.29, 1.82) is 0 Å². The largest absolute Gasteiger partial charge is 0.361 e. The molecule has 0 atom stereocenters. The van der Waals surface area contributed by atoms with Crippen molar-refractivity contribution in [2.45, 2.75) is 26.3 Å². The summed E-state index contributed by atoms with van der Waals surface area (Å²) >= 11 is 0. The number of hydrogen-bond donors (Lipinski definition) is 3. The van der Waals surface area contributed by atoms with Crippen LogP contribution in [0.1, 0.15) is 25.3 Å². The van der Waals surface area contributed by atoms with Crippen LogP contribution in [-0.2, 0) is 6.54 Å². The van der Waals surface area contributed by atoms with Crippen LogP contribution in [0, 0.1) is 0 Å². The molecule has 0 aliphatic rings. The first-order valence-corrected chi connectivity index (χ1v) is 6.87. The second-order valence-corrected chi connectivity index (χ2v) is 4.68. The van der Waals surface area contributed by atoms with Crippen LogP contribution in [-0.4, -0.2) is 24.6 Å². The molecule has 3 heteroatoms. The third kappa shape index (κ3) is 3.86. The Hall–Kier alpha value is -1.32. The summed E-state index contributed by atoms with van der Waals surface area (Å²) in [6, 6.07) is 8.69. The van der Waals surface area contributed by atoms with Gasteiger partial charge in [0.2, 0.25) is 0 Å². The summed E-state index contributed by atoms with van der Waals surface area (Å²) in [5.41, 5.74) is 2.56. The van der Waals surface area contributed by atoms with Crippen molar-refractivity contribution in [1.82, 2.24) is 15.6 Å². The third-order valence-electron chi connectivity index (χ3n) is 3.08. The molecule has 18 heavy (non-hydrogen) atoms. The minimum Gasteiger partial charge on any atom is -0.361 e. The maximum Gasteiger partial charge on any atom is 0.0454 e. The molecule has 3 nitrogen and oxygen atoms in total. The fourth-order valence-corrected chi connectivity index (χ4v) is 2.09. The van der Waals surface area contributed by atoms with E-state index in [0.29, 0.717) is 0 Å². The van der Waals surface area contributed by atoms with Crippen LogP contribution in [0.3, 0.4) is 0 Å². The maximum absolute atomic E-state index is 3.49. The Morgan fingerprint density at radius 3 is 2.83 bits per heavy atom. The average Bonchev–Trinajstić information content (AvgIpc) is 2.85. The number of rotatable bonds is 8. The van der Waals surface area contributed by atoms with Crippen LogP contribution >= 0.6 is 0 Å². The first kappa shape index (κ1) is 13.1. The predicted octanol–water partition coefficient (Wildman–Crippen LogP) is 2.65. The molecule has 1 aromatic carbocycles. The second kappa shape index (κ2) is 7.19. The molecular formula is C15H23N3. The van der Waals surface area contributed by atoms with Crippen molar-refractivity contribution in [3.63, 3.8) is 0 Å². The van der Waals surface area contributed by atoms with Crippen molar-refractivity contribution in [3.8, 4) is 0 Å². The van der Waals surface area contributed by atoms with Crippen LogP contribution in [0.5, 0.6) is 0 Å². The molecule has 98 valence electrons. The predicted molar refractivity (Wildman–Crippen MR) is 77.8 cm³/mol. The molecule has 2 rings (SSSR count). The van der Waals surface area contributed by atoms with E-state index in [9.17, 15) is 0 Å². The van der Waals surface area contributed by atoms with E-state index in [4.69, 9.17) is 0 Å². The number of fused-ring (bicyclic) bond motifs is 1. The molecule has 0 amide bonds. The van der Waals surface area contributed by atoms with Gasteiger partial charge in [-0.25, -0.2) is 0 Å². The summed E-state index contributed by atoms with van der Waals surface area (Å²) in [7, 11) is 0. The molecule has 0 aliphatic carbocycles. The second-order valence-electron chi connectivity index (χ2n) is 4.68. The van der Waals surface area contributed by atoms with Crippen LogP contribution in [0.25, 0.3) is 10.9 Å². The number of H-pyrrole nitrogens is 1. The van der Waals surface area contributed by atoms with Crippen molar-refractivity contribution in [2.24, 2.45) is 0 Å². The van der Waals surface area contributed by atoms with Gasteiger partial charge < -0.3 is 15.6 Å². The third-order valence-corrected chi connectivity index (χ3v) is 3.08. The highest BCUT2D eigenvalue weighted by molar-refractivity contribution is 5.79. The molecule has 1 aromatic heterocycles. The van der Waals surface area contributed by atoms with E-state index in [0.717, 1.165) is 26.2 Å². The summed E-state index contributed by atoms with van der Waals surface area (Å²) < 4.78 is 0. The van der Waals surface area contributed by atoms with Gasteiger partial charge in [0.05, 0.1) is 0 Å². The normalized spacial score (nSPS) is 11.2. The molecule has 0 saturated carbocycles. The zero-order valence-electron chi connectivity index (χ0n) is 11.1. The summed E-state index contributed by atoms with van der Waals surface area (Å²) in [5.74, 6) is 0. The highest BCUT2D eigenvalue weighted by Gasteiger charge is 1.96. The van der Waals surface area contributed by atoms with Gasteiger partial charge in [0.25, 0.3) is 0 Å². The molecule has 1 heterocycles. The molecule has 0 saturated heterocycles. The molecule has 0 radical (unpaired) electrons. The monoisotopic (exact) mass is 245 g/mol. The number of aromatic nitrogens is 1. The zero-order chi connectivity index (χ0) is 12.6. The Morgan fingerprint density at radius 1 is 1.06 bits per heavy atom. The minimum absolute atomic E-state index is 0.953. The maximum atomic E-state index is 3.49. The van der Waals surface area contributed by atoms with Gasteiger partial charge in [-0.2, -0.15) is 0 Å². The summed E-state index contributed by atoms with van der Waals surface area (Å²) in [6.45, 7) is 6.46. The zero-order valence-corrected chi connectivity index (χ0v) is 11.1. The summed E-state index contributed by atoms with van der Waals surface area (Å²) in [5, 5.41) is 8.19. The molecule has 0 spiro atoms. The molecule has 0 bridgehead atoms. The Labute approximate surface area is 109 Å². The molecule has 0 unspecified atom stereocenters. The Kier molecular flexibility index (Phi) is 5.24. The number of benzene rings is 1. The van der Waals surface area contributed by atoms with Crippen molar-refractivity contribution in [3.05, 3.63) is 36.0 Å². The van der Waals surface area contributed by atoms with E-state index in [1.54, 1.807) is 0 Å². The summed E-state index contributed by atoms with van der Waals surface area (Å²) in [6.07, 6.45) is 4.39. The van der Waals surface area contributed by atoms with Crippen LogP contribution < -0.4 is 10.6 Å². The van der Waals surface area contributed by atoms with Crippen molar-refractivity contribution >= 4 is 10.9 Å². The topological polar surface area (TPSA) is 39.8 Å². The van der Waals surface area contributed by atoms with Gasteiger partial charge in [-0.15, -0.1) is 0 Å². The number of hydrogen-bond acceptors (Lipinski definition) is 2. The van der Waals surface area contributed by atoms with E-state index in [2.05, 4.69) is 46.8 Å². The molecule has 0 fully saturated rings. The Bertz CT molecular complexity index is 461. The smallest absolute Gasteiger partial charge is 0.0454 e. The van der Waals surface area contributed by atoms with E-state index in [-0.39, 0.29) is 0 Å². The highest BCUT2D eigenvalue weighted by Crippen LogP contribution is 2.13. The fourth-order valence-electron chi connectivity index (χ4n) is 2.09. The first-order valence-electron chi connectivity index (χ1n) is 6.87. The van der Waals surface area contributed by atoms with Gasteiger partial charge >= 0.3 is 0 Å². The lowest BCUT2D eigenvalue weighted by Crippen LogP contribution is -2.22. The molecule has 0 aliphatic heterocycles. The Morgan fingerprint density at radius 2 is 1.94 bits per heavy atom. The van der Waals surface area contributed by atoms with Crippen LogP contribution in [0.2, 0.25) is 0 Å². The minimum atomic E-state index is 0.953. The molecule has 2 aromatic rings. The van der Waals surface area contributed by atoms with Crippen molar-refractivity contribution in [2.75, 3.05) is 19.6 Å². The Balaban J connectivity index is 1.67. The van der Waals surface area contributed by atoms with Gasteiger partial charge in [-0.05, 0) is 61.6 Å². The van der Waals surface area contributed by atoms with E-state index in [1.807, 2.05) is 6.20 Å². The van der Waals surface area contributed by atoms with Gasteiger partial charge in [0.1, 0.15) is 0 Å². The highest BCUT2D eigenvalue weighted by atomic mass is 14.9. The van der Waals surface area contributed by atoms with E-state index >= 15 is 0 Å². The lowest BCUT2D eigenvalue weighted by Gasteiger charge is -2.06. The van der Waals surface area contributed by atoms with Gasteiger partial charge in [-0.1, -0.05) is 13.0 Å². The van der Waals surface area contributed by atoms with Crippen LogP contribution in [0.4, 0.5) is 0 Å². The summed E-state index contributed by atoms with van der Waals surface area (Å²) in [4.78, 5) is 3.21. The fraction of sp³-hybridized carbons (Fsp3) is 0.467. The standard InChI is InChI=1S/C15H23N3/c1-2-7-16-8-3-9-17-12-13-4-5-15-14(11-13)6-10-18-15/h4-6,10-11,16-18H,2-3,7-9,12H2,1H3. The van der Waals surface area contributed by atoms with Gasteiger partial charge in [-0.3, -0.25) is 0 Å². The quantitative estimate of drug-likeness (QED) is 0.626. The first-order chi connectivity index (χ1) is 8.90. The molecule has 3 N–H and O–H groups in total. The lowest BCUT2D eigenvalue weighted by atomic mass is 10.1. The van der Waals surface area contributed by atoms with Gasteiger partial charge in [0, 0.05) is 18.3 Å². The average molecular weight is 245 g/mol. The number of aromatic amines is 1. The SMILES string of the molecule is CCCNCCCNCc1ccc2[nH]ccc2c1. The van der Waals surface area contributed by atoms with E-state index in [1.165, 1.54) is 29.3 Å². The van der Waals surface area contributed by atoms with Gasteiger partial charge in [0.15, 0.2) is 0 Å². The molecular weight excluding hydrogens is 222 g/mol. The van der Waals surface area contributed by atoms with Crippen LogP contribution in [0.15, 0.2) is 30.5 Å². The van der Waals surface area contributed by atoms with Crippen molar-refractivity contribution < 1.29 is 0 Å². The van der Waals surface area contributed by atoms with E-state index < -0.39 is 0 Å². The number of nitrogens with one attached hydrogen (secondary N) is 3.